The Morgan fingerprint density at radius 2 is 2.00 bits per heavy atom. The van der Waals surface area contributed by atoms with Gasteiger partial charge in [-0.25, -0.2) is 0 Å². The van der Waals surface area contributed by atoms with Crippen LogP contribution in [-0.2, 0) is 4.74 Å². The van der Waals surface area contributed by atoms with E-state index in [1.54, 1.807) is 0 Å². The van der Waals surface area contributed by atoms with Crippen LogP contribution in [-0.4, -0.2) is 12.7 Å². The summed E-state index contributed by atoms with van der Waals surface area (Å²) in [4.78, 5) is 0. The van der Waals surface area contributed by atoms with E-state index in [0.717, 1.165) is 6.61 Å². The summed E-state index contributed by atoms with van der Waals surface area (Å²) in [5, 5.41) is 0. The molecule has 1 unspecified atom stereocenters. The van der Waals surface area contributed by atoms with Crippen LogP contribution in [0.2, 0.25) is 0 Å². The third kappa shape index (κ3) is 2.48. The lowest BCUT2D eigenvalue weighted by atomic mass is 9.79. The average Bonchev–Trinajstić information content (AvgIpc) is 2.57. The molecule has 1 rings (SSSR count). The smallest absolute Gasteiger partial charge is 0.0581 e. The minimum absolute atomic E-state index is 0.523. The van der Waals surface area contributed by atoms with E-state index >= 15 is 0 Å². The summed E-state index contributed by atoms with van der Waals surface area (Å²) in [5.74, 6) is 0. The molecule has 0 N–H and O–H groups in total. The summed E-state index contributed by atoms with van der Waals surface area (Å²) < 4.78 is 5.65. The first-order valence-electron chi connectivity index (χ1n) is 5.32. The molecule has 1 heterocycles. The van der Waals surface area contributed by atoms with Gasteiger partial charge in [0.1, 0.15) is 0 Å². The van der Waals surface area contributed by atoms with Crippen molar-refractivity contribution in [2.45, 2.75) is 59.0 Å². The van der Waals surface area contributed by atoms with Crippen LogP contribution in [0.15, 0.2) is 0 Å². The summed E-state index contributed by atoms with van der Waals surface area (Å²) in [7, 11) is 0. The molecule has 0 amide bonds. The summed E-state index contributed by atoms with van der Waals surface area (Å²) in [6.45, 7) is 7.96. The summed E-state index contributed by atoms with van der Waals surface area (Å²) in [6, 6.07) is 0. The van der Waals surface area contributed by atoms with E-state index in [1.165, 1.54) is 32.1 Å². The van der Waals surface area contributed by atoms with E-state index < -0.39 is 0 Å². The van der Waals surface area contributed by atoms with Gasteiger partial charge in [0.25, 0.3) is 0 Å². The van der Waals surface area contributed by atoms with Gasteiger partial charge in [-0.3, -0.25) is 0 Å². The Balaban J connectivity index is 2.35. The van der Waals surface area contributed by atoms with Crippen molar-refractivity contribution >= 4 is 0 Å². The molecule has 0 aromatic heterocycles. The van der Waals surface area contributed by atoms with Crippen molar-refractivity contribution in [1.29, 1.82) is 0 Å². The van der Waals surface area contributed by atoms with Crippen LogP contribution in [0.5, 0.6) is 0 Å². The second-order valence-electron chi connectivity index (χ2n) is 4.36. The van der Waals surface area contributed by atoms with Gasteiger partial charge >= 0.3 is 0 Å². The maximum Gasteiger partial charge on any atom is 0.0581 e. The molecule has 1 heteroatoms. The maximum atomic E-state index is 5.65. The number of rotatable bonds is 4. The van der Waals surface area contributed by atoms with Crippen molar-refractivity contribution in [2.24, 2.45) is 5.41 Å². The molecule has 1 fully saturated rings. The van der Waals surface area contributed by atoms with Gasteiger partial charge in [-0.1, -0.05) is 33.6 Å². The van der Waals surface area contributed by atoms with Gasteiger partial charge in [0, 0.05) is 6.61 Å². The monoisotopic (exact) mass is 170 g/mol. The van der Waals surface area contributed by atoms with Crippen molar-refractivity contribution in [1.82, 2.24) is 0 Å². The second-order valence-corrected chi connectivity index (χ2v) is 4.36. The summed E-state index contributed by atoms with van der Waals surface area (Å²) in [6.07, 6.45) is 6.95. The highest BCUT2D eigenvalue weighted by Gasteiger charge is 2.26. The highest BCUT2D eigenvalue weighted by Crippen LogP contribution is 2.34. The molecule has 0 aromatic carbocycles. The fourth-order valence-electron chi connectivity index (χ4n) is 1.89. The molecule has 1 aliphatic rings. The van der Waals surface area contributed by atoms with E-state index in [0.29, 0.717) is 11.5 Å². The number of hydrogen-bond donors (Lipinski definition) is 0. The van der Waals surface area contributed by atoms with Gasteiger partial charge in [0.2, 0.25) is 0 Å². The second kappa shape index (κ2) is 4.27. The lowest BCUT2D eigenvalue weighted by Gasteiger charge is -2.29. The zero-order valence-electron chi connectivity index (χ0n) is 8.73. The zero-order chi connectivity index (χ0) is 9.03. The van der Waals surface area contributed by atoms with Gasteiger partial charge in [0.05, 0.1) is 6.10 Å². The molecule has 0 aliphatic carbocycles. The molecule has 12 heavy (non-hydrogen) atoms. The molecule has 0 spiro atoms. The third-order valence-corrected chi connectivity index (χ3v) is 3.45. The molecule has 0 aromatic rings. The quantitative estimate of drug-likeness (QED) is 0.628. The molecule has 72 valence electrons. The predicted molar refractivity (Wildman–Crippen MR) is 52.3 cm³/mol. The molecule has 1 saturated heterocycles. The first-order chi connectivity index (χ1) is 5.70. The van der Waals surface area contributed by atoms with Gasteiger partial charge < -0.3 is 4.74 Å². The molecule has 1 aliphatic heterocycles. The fourth-order valence-corrected chi connectivity index (χ4v) is 1.89. The lowest BCUT2D eigenvalue weighted by Crippen LogP contribution is -2.21. The molecule has 1 atom stereocenters. The largest absolute Gasteiger partial charge is 0.378 e. The van der Waals surface area contributed by atoms with Crippen molar-refractivity contribution in [3.05, 3.63) is 0 Å². The van der Waals surface area contributed by atoms with Crippen LogP contribution in [0, 0.1) is 5.41 Å². The standard InChI is InChI=1S/C11H22O/c1-4-11(3,5-2)9-10-7-6-8-12-10/h10H,4-9H2,1-3H3. The Morgan fingerprint density at radius 1 is 1.33 bits per heavy atom. The van der Waals surface area contributed by atoms with E-state index in [-0.39, 0.29) is 0 Å². The first kappa shape index (κ1) is 10.0. The fraction of sp³-hybridized carbons (Fsp3) is 1.00. The van der Waals surface area contributed by atoms with Crippen molar-refractivity contribution in [3.8, 4) is 0 Å². The van der Waals surface area contributed by atoms with E-state index in [1.807, 2.05) is 0 Å². The van der Waals surface area contributed by atoms with Crippen LogP contribution in [0.4, 0.5) is 0 Å². The highest BCUT2D eigenvalue weighted by atomic mass is 16.5. The molecule has 0 radical (unpaired) electrons. The Labute approximate surface area is 76.5 Å². The summed E-state index contributed by atoms with van der Waals surface area (Å²) in [5.41, 5.74) is 0.523. The Morgan fingerprint density at radius 3 is 2.42 bits per heavy atom. The number of hydrogen-bond acceptors (Lipinski definition) is 1. The third-order valence-electron chi connectivity index (χ3n) is 3.45. The van der Waals surface area contributed by atoms with Gasteiger partial charge in [-0.2, -0.15) is 0 Å². The predicted octanol–water partition coefficient (Wildman–Crippen LogP) is 3.38. The van der Waals surface area contributed by atoms with Crippen molar-refractivity contribution in [3.63, 3.8) is 0 Å². The van der Waals surface area contributed by atoms with Crippen LogP contribution in [0.3, 0.4) is 0 Å². The molecule has 0 saturated carbocycles. The van der Waals surface area contributed by atoms with Crippen LogP contribution < -0.4 is 0 Å². The summed E-state index contributed by atoms with van der Waals surface area (Å²) >= 11 is 0. The lowest BCUT2D eigenvalue weighted by molar-refractivity contribution is 0.0632. The van der Waals surface area contributed by atoms with Crippen molar-refractivity contribution in [2.75, 3.05) is 6.61 Å². The van der Waals surface area contributed by atoms with Gasteiger partial charge in [0.15, 0.2) is 0 Å². The zero-order valence-corrected chi connectivity index (χ0v) is 8.73. The van der Waals surface area contributed by atoms with Crippen molar-refractivity contribution < 1.29 is 4.74 Å². The first-order valence-corrected chi connectivity index (χ1v) is 5.32. The Bertz CT molecular complexity index is 121. The van der Waals surface area contributed by atoms with Crippen LogP contribution in [0.1, 0.15) is 52.9 Å². The Kier molecular flexibility index (Phi) is 3.57. The Hall–Kier alpha value is -0.0400. The van der Waals surface area contributed by atoms with E-state index in [9.17, 15) is 0 Å². The van der Waals surface area contributed by atoms with Crippen LogP contribution in [0.25, 0.3) is 0 Å². The minimum Gasteiger partial charge on any atom is -0.378 e. The molecule has 0 bridgehead atoms. The maximum absolute atomic E-state index is 5.65. The average molecular weight is 170 g/mol. The molecule has 1 nitrogen and oxygen atoms in total. The van der Waals surface area contributed by atoms with E-state index in [2.05, 4.69) is 20.8 Å². The van der Waals surface area contributed by atoms with Crippen LogP contribution >= 0.6 is 0 Å². The SMILES string of the molecule is CCC(C)(CC)CC1CCCO1. The van der Waals surface area contributed by atoms with E-state index in [4.69, 9.17) is 4.74 Å². The normalized spacial score (nSPS) is 24.8. The molecular weight excluding hydrogens is 148 g/mol. The van der Waals surface area contributed by atoms with Gasteiger partial charge in [-0.15, -0.1) is 0 Å². The number of ether oxygens (including phenoxy) is 1. The molecular formula is C11H22O. The topological polar surface area (TPSA) is 9.23 Å². The van der Waals surface area contributed by atoms with Gasteiger partial charge in [-0.05, 0) is 24.7 Å². The minimum atomic E-state index is 0.523. The highest BCUT2D eigenvalue weighted by molar-refractivity contribution is 4.77.